The van der Waals surface area contributed by atoms with Gasteiger partial charge in [-0.3, -0.25) is 5.10 Å². The Kier molecular flexibility index (Phi) is 4.24. The van der Waals surface area contributed by atoms with Crippen LogP contribution in [0.1, 0.15) is 5.82 Å². The zero-order chi connectivity index (χ0) is 20.5. The van der Waals surface area contributed by atoms with E-state index in [1.165, 1.54) is 6.33 Å². The van der Waals surface area contributed by atoms with Crippen LogP contribution >= 0.6 is 0 Å². The molecule has 0 amide bonds. The largest absolute Gasteiger partial charge is 0.357 e. The second kappa shape index (κ2) is 7.20. The van der Waals surface area contributed by atoms with Crippen molar-refractivity contribution in [3.63, 3.8) is 0 Å². The SMILES string of the molecule is CNc1nc(C)nc(-n2c(Nc3cc[nH]n3)nc3cc(-c4cncnc4)ccc32)n1. The van der Waals surface area contributed by atoms with Gasteiger partial charge in [0, 0.05) is 37.3 Å². The number of nitrogens with zero attached hydrogens (tertiary/aromatic N) is 8. The average molecular weight is 399 g/mol. The zero-order valence-corrected chi connectivity index (χ0v) is 16.2. The summed E-state index contributed by atoms with van der Waals surface area (Å²) in [6.07, 6.45) is 6.77. The number of hydrogen-bond donors (Lipinski definition) is 3. The molecule has 0 aliphatic rings. The number of imidazole rings is 1. The lowest BCUT2D eigenvalue weighted by Crippen LogP contribution is -2.10. The summed E-state index contributed by atoms with van der Waals surface area (Å²) in [5, 5.41) is 13.1. The minimum absolute atomic E-state index is 0.447. The van der Waals surface area contributed by atoms with E-state index >= 15 is 0 Å². The van der Waals surface area contributed by atoms with E-state index in [1.807, 2.05) is 35.8 Å². The highest BCUT2D eigenvalue weighted by atomic mass is 15.3. The van der Waals surface area contributed by atoms with Gasteiger partial charge in [-0.25, -0.2) is 19.5 Å². The molecule has 5 aromatic rings. The first-order valence-electron chi connectivity index (χ1n) is 9.17. The molecule has 5 rings (SSSR count). The average Bonchev–Trinajstić information content (AvgIpc) is 3.41. The molecule has 0 saturated heterocycles. The van der Waals surface area contributed by atoms with Crippen LogP contribution in [-0.4, -0.2) is 51.7 Å². The van der Waals surface area contributed by atoms with Crippen LogP contribution in [0.3, 0.4) is 0 Å². The maximum Gasteiger partial charge on any atom is 0.242 e. The minimum atomic E-state index is 0.447. The van der Waals surface area contributed by atoms with E-state index in [-0.39, 0.29) is 0 Å². The van der Waals surface area contributed by atoms with E-state index in [0.29, 0.717) is 29.5 Å². The molecule has 0 aliphatic carbocycles. The lowest BCUT2D eigenvalue weighted by atomic mass is 10.1. The highest BCUT2D eigenvalue weighted by Crippen LogP contribution is 2.29. The molecule has 11 nitrogen and oxygen atoms in total. The molecule has 4 heterocycles. The maximum atomic E-state index is 4.77. The van der Waals surface area contributed by atoms with Crippen molar-refractivity contribution in [3.05, 3.63) is 55.0 Å². The monoisotopic (exact) mass is 399 g/mol. The second-order valence-electron chi connectivity index (χ2n) is 6.44. The van der Waals surface area contributed by atoms with E-state index < -0.39 is 0 Å². The van der Waals surface area contributed by atoms with Gasteiger partial charge in [0.15, 0.2) is 5.82 Å². The molecule has 0 unspecified atom stereocenters. The molecule has 11 heteroatoms. The van der Waals surface area contributed by atoms with Crippen molar-refractivity contribution in [1.82, 2.24) is 44.7 Å². The van der Waals surface area contributed by atoms with Gasteiger partial charge in [0.2, 0.25) is 17.8 Å². The standard InChI is InChI=1S/C19H17N11/c1-11-24-17(20-2)28-18(25-11)30-15-4-3-12(13-8-21-10-22-9-13)7-14(15)26-19(30)27-16-5-6-23-29-16/h3-10H,1-2H3,(H,20,24,25,28)(H2,23,26,27,29). The number of anilines is 3. The number of rotatable bonds is 5. The topological polar surface area (TPSA) is 135 Å². The van der Waals surface area contributed by atoms with Gasteiger partial charge < -0.3 is 10.6 Å². The third kappa shape index (κ3) is 3.17. The highest BCUT2D eigenvalue weighted by molar-refractivity contribution is 5.86. The predicted octanol–water partition coefficient (Wildman–Crippen LogP) is 2.48. The summed E-state index contributed by atoms with van der Waals surface area (Å²) in [7, 11) is 1.77. The third-order valence-corrected chi connectivity index (χ3v) is 4.45. The van der Waals surface area contributed by atoms with Crippen LogP contribution in [0.25, 0.3) is 28.1 Å². The highest BCUT2D eigenvalue weighted by Gasteiger charge is 2.17. The van der Waals surface area contributed by atoms with Crippen LogP contribution in [0.5, 0.6) is 0 Å². The van der Waals surface area contributed by atoms with Gasteiger partial charge in [0.05, 0.1) is 11.0 Å². The number of aryl methyl sites for hydroxylation is 1. The molecule has 3 N–H and O–H groups in total. The summed E-state index contributed by atoms with van der Waals surface area (Å²) in [6.45, 7) is 1.82. The minimum Gasteiger partial charge on any atom is -0.357 e. The van der Waals surface area contributed by atoms with E-state index in [4.69, 9.17) is 4.98 Å². The van der Waals surface area contributed by atoms with Crippen LogP contribution in [0.15, 0.2) is 49.2 Å². The van der Waals surface area contributed by atoms with Crippen LogP contribution in [0.2, 0.25) is 0 Å². The summed E-state index contributed by atoms with van der Waals surface area (Å²) >= 11 is 0. The molecular formula is C19H17N11. The third-order valence-electron chi connectivity index (χ3n) is 4.45. The quantitative estimate of drug-likeness (QED) is 0.407. The van der Waals surface area contributed by atoms with Crippen molar-refractivity contribution < 1.29 is 0 Å². The Morgan fingerprint density at radius 1 is 0.967 bits per heavy atom. The fourth-order valence-corrected chi connectivity index (χ4v) is 3.12. The zero-order valence-electron chi connectivity index (χ0n) is 16.2. The molecule has 0 fully saturated rings. The number of aromatic amines is 1. The van der Waals surface area contributed by atoms with Crippen LogP contribution in [-0.2, 0) is 0 Å². The van der Waals surface area contributed by atoms with Crippen LogP contribution in [0, 0.1) is 6.92 Å². The van der Waals surface area contributed by atoms with Gasteiger partial charge in [-0.1, -0.05) is 6.07 Å². The van der Waals surface area contributed by atoms with Crippen molar-refractivity contribution in [2.24, 2.45) is 0 Å². The molecule has 148 valence electrons. The van der Waals surface area contributed by atoms with Gasteiger partial charge in [-0.05, 0) is 24.6 Å². The first-order valence-corrected chi connectivity index (χ1v) is 9.17. The number of hydrogen-bond acceptors (Lipinski definition) is 9. The van der Waals surface area contributed by atoms with Gasteiger partial charge >= 0.3 is 0 Å². The summed E-state index contributed by atoms with van der Waals surface area (Å²) in [5.74, 6) is 2.68. The first-order chi connectivity index (χ1) is 14.7. The lowest BCUT2D eigenvalue weighted by molar-refractivity contribution is 0.887. The smallest absolute Gasteiger partial charge is 0.242 e. The summed E-state index contributed by atoms with van der Waals surface area (Å²) in [4.78, 5) is 26.3. The van der Waals surface area contributed by atoms with Crippen molar-refractivity contribution >= 4 is 28.7 Å². The molecule has 30 heavy (non-hydrogen) atoms. The summed E-state index contributed by atoms with van der Waals surface area (Å²) in [6, 6.07) is 7.75. The fourth-order valence-electron chi connectivity index (χ4n) is 3.12. The summed E-state index contributed by atoms with van der Waals surface area (Å²) in [5.41, 5.74) is 3.46. The molecule has 1 aromatic carbocycles. The number of benzene rings is 1. The molecule has 0 aliphatic heterocycles. The normalized spacial score (nSPS) is 11.0. The maximum absolute atomic E-state index is 4.77. The molecule has 0 radical (unpaired) electrons. The molecule has 0 bridgehead atoms. The number of aromatic nitrogens is 9. The Bertz CT molecular complexity index is 1310. The molecule has 4 aromatic heterocycles. The van der Waals surface area contributed by atoms with Gasteiger partial charge in [-0.15, -0.1) is 0 Å². The second-order valence-corrected chi connectivity index (χ2v) is 6.44. The molecule has 0 spiro atoms. The van der Waals surface area contributed by atoms with E-state index in [1.54, 1.807) is 25.6 Å². The number of nitrogens with one attached hydrogen (secondary N) is 3. The predicted molar refractivity (Wildman–Crippen MR) is 112 cm³/mol. The molecular weight excluding hydrogens is 382 g/mol. The fraction of sp³-hybridized carbons (Fsp3) is 0.105. The Morgan fingerprint density at radius 2 is 1.83 bits per heavy atom. The molecule has 0 atom stereocenters. The van der Waals surface area contributed by atoms with Crippen molar-refractivity contribution in [2.75, 3.05) is 17.7 Å². The van der Waals surface area contributed by atoms with E-state index in [9.17, 15) is 0 Å². The van der Waals surface area contributed by atoms with Crippen molar-refractivity contribution in [2.45, 2.75) is 6.92 Å². The molecule has 0 saturated carbocycles. The Morgan fingerprint density at radius 3 is 2.60 bits per heavy atom. The van der Waals surface area contributed by atoms with E-state index in [2.05, 4.69) is 45.8 Å². The lowest BCUT2D eigenvalue weighted by Gasteiger charge is -2.10. The Hall–Kier alpha value is -4.41. The number of fused-ring (bicyclic) bond motifs is 1. The van der Waals surface area contributed by atoms with Crippen molar-refractivity contribution in [3.8, 4) is 17.1 Å². The number of H-pyrrole nitrogens is 1. The van der Waals surface area contributed by atoms with E-state index in [0.717, 1.165) is 22.2 Å². The van der Waals surface area contributed by atoms with Gasteiger partial charge in [-0.2, -0.15) is 20.1 Å². The van der Waals surface area contributed by atoms with Crippen molar-refractivity contribution in [1.29, 1.82) is 0 Å². The Balaban J connectivity index is 1.71. The van der Waals surface area contributed by atoms with Crippen LogP contribution in [0.4, 0.5) is 17.7 Å². The summed E-state index contributed by atoms with van der Waals surface area (Å²) < 4.78 is 1.84. The van der Waals surface area contributed by atoms with Crippen LogP contribution < -0.4 is 10.6 Å². The Labute approximate surface area is 170 Å². The first kappa shape index (κ1) is 17.7. The van der Waals surface area contributed by atoms with Gasteiger partial charge in [0.1, 0.15) is 12.2 Å². The van der Waals surface area contributed by atoms with Gasteiger partial charge in [0.25, 0.3) is 0 Å².